The third-order valence-corrected chi connectivity index (χ3v) is 5.67. The van der Waals surface area contributed by atoms with Crippen LogP contribution in [0.15, 0.2) is 47.4 Å². The van der Waals surface area contributed by atoms with Gasteiger partial charge in [-0.2, -0.15) is 0 Å². The molecule has 28 heavy (non-hydrogen) atoms. The topological polar surface area (TPSA) is 97.0 Å². The number of hydrogen-bond donors (Lipinski definition) is 2. The average Bonchev–Trinajstić information content (AvgIpc) is 2.67. The minimum absolute atomic E-state index is 0.00805. The number of methoxy groups -OCH3 is 1. The van der Waals surface area contributed by atoms with Gasteiger partial charge in [0.25, 0.3) is 0 Å². The van der Waals surface area contributed by atoms with E-state index in [1.54, 1.807) is 6.07 Å². The highest BCUT2D eigenvalue weighted by molar-refractivity contribution is 7.89. The molecule has 0 radical (unpaired) electrons. The maximum atomic E-state index is 12.5. The van der Waals surface area contributed by atoms with E-state index < -0.39 is 10.0 Å². The van der Waals surface area contributed by atoms with Crippen molar-refractivity contribution in [2.75, 3.05) is 45.0 Å². The van der Waals surface area contributed by atoms with E-state index in [-0.39, 0.29) is 23.1 Å². The van der Waals surface area contributed by atoms with E-state index in [1.165, 1.54) is 33.3 Å². The fourth-order valence-corrected chi connectivity index (χ4v) is 3.50. The lowest BCUT2D eigenvalue weighted by Crippen LogP contribution is -2.24. The van der Waals surface area contributed by atoms with Gasteiger partial charge in [0.15, 0.2) is 0 Å². The van der Waals surface area contributed by atoms with Gasteiger partial charge in [-0.05, 0) is 37.3 Å². The molecule has 2 aromatic rings. The van der Waals surface area contributed by atoms with Crippen LogP contribution in [0.3, 0.4) is 0 Å². The van der Waals surface area contributed by atoms with Crippen LogP contribution in [0.2, 0.25) is 0 Å². The molecule has 0 spiro atoms. The number of rotatable bonds is 9. The number of nitrogens with zero attached hydrogens (tertiary/aromatic N) is 1. The predicted molar refractivity (Wildman–Crippen MR) is 109 cm³/mol. The van der Waals surface area contributed by atoms with Gasteiger partial charge in [0, 0.05) is 19.8 Å². The van der Waals surface area contributed by atoms with Crippen LogP contribution in [0.1, 0.15) is 6.92 Å². The third-order valence-electron chi connectivity index (χ3n) is 3.83. The minimum Gasteiger partial charge on any atom is -0.495 e. The van der Waals surface area contributed by atoms with Crippen molar-refractivity contribution in [3.8, 4) is 11.5 Å². The van der Waals surface area contributed by atoms with Gasteiger partial charge in [-0.1, -0.05) is 12.1 Å². The van der Waals surface area contributed by atoms with E-state index in [0.717, 1.165) is 4.31 Å². The molecule has 0 fully saturated rings. The zero-order chi connectivity index (χ0) is 20.7. The molecule has 2 rings (SSSR count). The van der Waals surface area contributed by atoms with Gasteiger partial charge in [-0.25, -0.2) is 12.7 Å². The number of anilines is 2. The van der Waals surface area contributed by atoms with E-state index in [9.17, 15) is 13.2 Å². The first-order chi connectivity index (χ1) is 13.3. The SMILES string of the molecule is CCOc1ccccc1NCC(=O)Nc1ccc(OC)c(S(=O)(=O)N(C)C)c1. The molecule has 0 saturated carbocycles. The number of amides is 1. The van der Waals surface area contributed by atoms with Gasteiger partial charge in [-0.15, -0.1) is 0 Å². The molecule has 0 heterocycles. The zero-order valence-corrected chi connectivity index (χ0v) is 17.2. The lowest BCUT2D eigenvalue weighted by molar-refractivity contribution is -0.114. The molecule has 0 unspecified atom stereocenters. The normalized spacial score (nSPS) is 11.2. The molecular formula is C19H25N3O5S. The monoisotopic (exact) mass is 407 g/mol. The van der Waals surface area contributed by atoms with Gasteiger partial charge in [0.05, 0.1) is 25.9 Å². The standard InChI is InChI=1S/C19H25N3O5S/c1-5-27-16-9-7-6-8-15(16)20-13-19(23)21-14-10-11-17(26-4)18(12-14)28(24,25)22(2)3/h6-12,20H,5,13H2,1-4H3,(H,21,23). The Morgan fingerprint density at radius 3 is 2.46 bits per heavy atom. The summed E-state index contributed by atoms with van der Waals surface area (Å²) in [7, 11) is 0.531. The maximum Gasteiger partial charge on any atom is 0.246 e. The number of sulfonamides is 1. The number of benzene rings is 2. The van der Waals surface area contributed by atoms with Gasteiger partial charge >= 0.3 is 0 Å². The van der Waals surface area contributed by atoms with Crippen LogP contribution in [0, 0.1) is 0 Å². The van der Waals surface area contributed by atoms with Crippen LogP contribution >= 0.6 is 0 Å². The quantitative estimate of drug-likeness (QED) is 0.663. The second kappa shape index (κ2) is 9.43. The molecule has 0 aromatic heterocycles. The van der Waals surface area contributed by atoms with Crippen molar-refractivity contribution in [1.82, 2.24) is 4.31 Å². The molecule has 0 bridgehead atoms. The van der Waals surface area contributed by atoms with Crippen molar-refractivity contribution in [2.45, 2.75) is 11.8 Å². The first-order valence-electron chi connectivity index (χ1n) is 8.65. The molecular weight excluding hydrogens is 382 g/mol. The smallest absolute Gasteiger partial charge is 0.246 e. The lowest BCUT2D eigenvalue weighted by atomic mass is 10.3. The van der Waals surface area contributed by atoms with Gasteiger partial charge in [0.1, 0.15) is 16.4 Å². The number of nitrogens with one attached hydrogen (secondary N) is 2. The highest BCUT2D eigenvalue weighted by Gasteiger charge is 2.23. The molecule has 2 N–H and O–H groups in total. The van der Waals surface area contributed by atoms with E-state index in [1.807, 2.05) is 31.2 Å². The Morgan fingerprint density at radius 2 is 1.82 bits per heavy atom. The van der Waals surface area contributed by atoms with Crippen molar-refractivity contribution in [2.24, 2.45) is 0 Å². The Bertz CT molecular complexity index is 929. The fraction of sp³-hybridized carbons (Fsp3) is 0.316. The second-order valence-electron chi connectivity index (χ2n) is 5.98. The highest BCUT2D eigenvalue weighted by Crippen LogP contribution is 2.29. The number of hydrogen-bond acceptors (Lipinski definition) is 6. The number of carbonyl (C=O) groups excluding carboxylic acids is 1. The Hall–Kier alpha value is -2.78. The fourth-order valence-electron chi connectivity index (χ4n) is 2.43. The van der Waals surface area contributed by atoms with Crippen molar-refractivity contribution >= 4 is 27.3 Å². The van der Waals surface area contributed by atoms with Crippen molar-refractivity contribution in [3.63, 3.8) is 0 Å². The molecule has 2 aromatic carbocycles. The minimum atomic E-state index is -3.72. The summed E-state index contributed by atoms with van der Waals surface area (Å²) >= 11 is 0. The summed E-state index contributed by atoms with van der Waals surface area (Å²) in [5.41, 5.74) is 1.05. The van der Waals surface area contributed by atoms with Crippen LogP contribution in [-0.2, 0) is 14.8 Å². The number of para-hydroxylation sites is 2. The number of ether oxygens (including phenoxy) is 2. The summed E-state index contributed by atoms with van der Waals surface area (Å²) < 4.78 is 36.7. The molecule has 0 saturated heterocycles. The van der Waals surface area contributed by atoms with Crippen LogP contribution in [-0.4, -0.2) is 53.0 Å². The Labute approximate surface area is 165 Å². The molecule has 0 aliphatic heterocycles. The van der Waals surface area contributed by atoms with Crippen LogP contribution in [0.5, 0.6) is 11.5 Å². The zero-order valence-electron chi connectivity index (χ0n) is 16.4. The van der Waals surface area contributed by atoms with Gasteiger partial charge < -0.3 is 20.1 Å². The average molecular weight is 407 g/mol. The molecule has 0 aliphatic rings. The molecule has 152 valence electrons. The van der Waals surface area contributed by atoms with Crippen molar-refractivity contribution < 1.29 is 22.7 Å². The molecule has 9 heteroatoms. The first kappa shape index (κ1) is 21.5. The van der Waals surface area contributed by atoms with Gasteiger partial charge in [-0.3, -0.25) is 4.79 Å². The number of carbonyl (C=O) groups is 1. The maximum absolute atomic E-state index is 12.5. The summed E-state index contributed by atoms with van der Waals surface area (Å²) in [4.78, 5) is 12.3. The van der Waals surface area contributed by atoms with E-state index >= 15 is 0 Å². The first-order valence-corrected chi connectivity index (χ1v) is 10.1. The second-order valence-corrected chi connectivity index (χ2v) is 8.10. The predicted octanol–water partition coefficient (Wildman–Crippen LogP) is 2.39. The summed E-state index contributed by atoms with van der Waals surface area (Å²) in [6.07, 6.45) is 0. The molecule has 0 atom stereocenters. The summed E-state index contributed by atoms with van der Waals surface area (Å²) in [5.74, 6) is 0.529. The van der Waals surface area contributed by atoms with Crippen LogP contribution in [0.4, 0.5) is 11.4 Å². The summed E-state index contributed by atoms with van der Waals surface area (Å²) in [6.45, 7) is 2.39. The lowest BCUT2D eigenvalue weighted by Gasteiger charge is -2.16. The van der Waals surface area contributed by atoms with Crippen molar-refractivity contribution in [3.05, 3.63) is 42.5 Å². The van der Waals surface area contributed by atoms with E-state index in [4.69, 9.17) is 9.47 Å². The van der Waals surface area contributed by atoms with E-state index in [0.29, 0.717) is 23.7 Å². The molecule has 1 amide bonds. The third kappa shape index (κ3) is 5.14. The molecule has 0 aliphatic carbocycles. The summed E-state index contributed by atoms with van der Waals surface area (Å²) in [6, 6.07) is 11.8. The highest BCUT2D eigenvalue weighted by atomic mass is 32.2. The van der Waals surface area contributed by atoms with Crippen LogP contribution in [0.25, 0.3) is 0 Å². The largest absolute Gasteiger partial charge is 0.495 e. The Morgan fingerprint density at radius 1 is 1.11 bits per heavy atom. The van der Waals surface area contributed by atoms with Crippen molar-refractivity contribution in [1.29, 1.82) is 0 Å². The van der Waals surface area contributed by atoms with E-state index in [2.05, 4.69) is 10.6 Å². The molecule has 8 nitrogen and oxygen atoms in total. The Balaban J connectivity index is 2.12. The van der Waals surface area contributed by atoms with Crippen LogP contribution < -0.4 is 20.1 Å². The summed E-state index contributed by atoms with van der Waals surface area (Å²) in [5, 5.41) is 5.70. The Kier molecular flexibility index (Phi) is 7.24. The van der Waals surface area contributed by atoms with Gasteiger partial charge in [0.2, 0.25) is 15.9 Å².